The van der Waals surface area contributed by atoms with E-state index in [9.17, 15) is 27.6 Å². The highest BCUT2D eigenvalue weighted by atomic mass is 19.4. The summed E-state index contributed by atoms with van der Waals surface area (Å²) in [5.74, 6) is -1.08. The van der Waals surface area contributed by atoms with Crippen molar-refractivity contribution in [2.45, 2.75) is 63.6 Å². The molecule has 1 N–H and O–H groups in total. The van der Waals surface area contributed by atoms with Gasteiger partial charge in [0.2, 0.25) is 0 Å². The molecule has 1 aromatic carbocycles. The summed E-state index contributed by atoms with van der Waals surface area (Å²) in [6.07, 6.45) is -3.55. The molecule has 0 atom stereocenters. The van der Waals surface area contributed by atoms with Crippen molar-refractivity contribution >= 4 is 17.7 Å². The Morgan fingerprint density at radius 2 is 1.75 bits per heavy atom. The number of esters is 1. The average molecular weight is 507 g/mol. The van der Waals surface area contributed by atoms with E-state index in [-0.39, 0.29) is 37.2 Å². The number of hydrogen-bond donors (Lipinski definition) is 1. The minimum absolute atomic E-state index is 0.0373. The van der Waals surface area contributed by atoms with Crippen molar-refractivity contribution in [1.29, 1.82) is 0 Å². The predicted molar refractivity (Wildman–Crippen MR) is 125 cm³/mol. The number of hydrogen-bond acceptors (Lipinski definition) is 6. The first-order chi connectivity index (χ1) is 16.7. The number of halogens is 3. The van der Waals surface area contributed by atoms with Gasteiger partial charge in [-0.15, -0.1) is 0 Å². The zero-order valence-corrected chi connectivity index (χ0v) is 20.8. The lowest BCUT2D eigenvalue weighted by molar-refractivity contribution is -0.163. The van der Waals surface area contributed by atoms with Crippen LogP contribution >= 0.6 is 0 Å². The monoisotopic (exact) mass is 506 g/mol. The number of carbonyl (C=O) groups is 3. The van der Waals surface area contributed by atoms with Crippen LogP contribution in [0.1, 0.15) is 59.4 Å². The molecule has 0 unspecified atom stereocenters. The van der Waals surface area contributed by atoms with E-state index >= 15 is 0 Å². The number of methoxy groups -OCH3 is 2. The number of carbonyl (C=O) groups excluding carboxylic acids is 3. The van der Waals surface area contributed by atoms with Crippen LogP contribution in [0.2, 0.25) is 0 Å². The first-order valence-electron chi connectivity index (χ1n) is 11.4. The average Bonchev–Trinajstić information content (AvgIpc) is 3.60. The standard InChI is InChI=1S/C26H29F3N2O5/c1-15-10-19(24(2,3)23(34)36-5)21(35-4)14-17(15)13-18(32)11-16-6-9-30-20(12-16)22(33)31-25(7-8-25)26(27,28)29/h6,9-10,12,14H,7-8,11,13H2,1-5H3,(H,31,33). The number of benzene rings is 1. The van der Waals surface area contributed by atoms with Gasteiger partial charge in [0.1, 0.15) is 22.8 Å². The van der Waals surface area contributed by atoms with Crippen LogP contribution < -0.4 is 10.1 Å². The van der Waals surface area contributed by atoms with Gasteiger partial charge in [-0.1, -0.05) is 6.07 Å². The van der Waals surface area contributed by atoms with Gasteiger partial charge in [-0.25, -0.2) is 0 Å². The number of aryl methyl sites for hydroxylation is 1. The van der Waals surface area contributed by atoms with Gasteiger partial charge in [0.15, 0.2) is 0 Å². The SMILES string of the molecule is COC(=O)C(C)(C)c1cc(C)c(CC(=O)Cc2ccnc(C(=O)NC3(C(F)(F)F)CC3)c2)cc1OC. The molecule has 0 bridgehead atoms. The molecule has 194 valence electrons. The molecular weight excluding hydrogens is 477 g/mol. The van der Waals surface area contributed by atoms with E-state index in [0.29, 0.717) is 22.4 Å². The Bertz CT molecular complexity index is 1190. The van der Waals surface area contributed by atoms with E-state index in [4.69, 9.17) is 9.47 Å². The molecule has 3 rings (SSSR count). The molecule has 1 aromatic heterocycles. The number of nitrogens with one attached hydrogen (secondary N) is 1. The Labute approximate surface area is 207 Å². The molecule has 1 aliphatic carbocycles. The van der Waals surface area contributed by atoms with Crippen LogP contribution in [0, 0.1) is 6.92 Å². The first kappa shape index (κ1) is 27.2. The number of aromatic nitrogens is 1. The lowest BCUT2D eigenvalue weighted by Gasteiger charge is -2.25. The molecule has 10 heteroatoms. The van der Waals surface area contributed by atoms with Gasteiger partial charge >= 0.3 is 12.1 Å². The number of nitrogens with zero attached hydrogens (tertiary/aromatic N) is 1. The van der Waals surface area contributed by atoms with Crippen molar-refractivity contribution in [3.63, 3.8) is 0 Å². The summed E-state index contributed by atoms with van der Waals surface area (Å²) in [5.41, 5.74) is -0.757. The third-order valence-corrected chi connectivity index (χ3v) is 6.52. The Kier molecular flexibility index (Phi) is 7.48. The molecular formula is C26H29F3N2O5. The first-order valence-corrected chi connectivity index (χ1v) is 11.4. The van der Waals surface area contributed by atoms with Crippen LogP contribution in [-0.2, 0) is 32.6 Å². The lowest BCUT2D eigenvalue weighted by atomic mass is 9.82. The minimum Gasteiger partial charge on any atom is -0.496 e. The molecule has 1 heterocycles. The highest BCUT2D eigenvalue weighted by Gasteiger charge is 2.64. The smallest absolute Gasteiger partial charge is 0.411 e. The van der Waals surface area contributed by atoms with Crippen LogP contribution in [0.3, 0.4) is 0 Å². The third kappa shape index (κ3) is 5.52. The zero-order chi connectivity index (χ0) is 26.9. The molecule has 1 aliphatic rings. The van der Waals surface area contributed by atoms with Gasteiger partial charge in [-0.05, 0) is 68.5 Å². The molecule has 1 fully saturated rings. The normalized spacial score (nSPS) is 14.7. The largest absolute Gasteiger partial charge is 0.496 e. The fourth-order valence-corrected chi connectivity index (χ4v) is 4.04. The molecule has 36 heavy (non-hydrogen) atoms. The Morgan fingerprint density at radius 1 is 1.08 bits per heavy atom. The van der Waals surface area contributed by atoms with E-state index in [1.165, 1.54) is 26.5 Å². The van der Waals surface area contributed by atoms with Crippen molar-refractivity contribution in [1.82, 2.24) is 10.3 Å². The molecule has 0 saturated heterocycles. The summed E-state index contributed by atoms with van der Waals surface area (Å²) in [7, 11) is 2.78. The summed E-state index contributed by atoms with van der Waals surface area (Å²) < 4.78 is 49.8. The highest BCUT2D eigenvalue weighted by Crippen LogP contribution is 2.49. The summed E-state index contributed by atoms with van der Waals surface area (Å²) in [6, 6.07) is 6.38. The number of ketones is 1. The Balaban J connectivity index is 1.74. The van der Waals surface area contributed by atoms with Crippen LogP contribution in [0.15, 0.2) is 30.5 Å². The van der Waals surface area contributed by atoms with Crippen molar-refractivity contribution in [2.24, 2.45) is 0 Å². The molecule has 0 spiro atoms. The zero-order valence-electron chi connectivity index (χ0n) is 20.8. The number of rotatable bonds is 9. The molecule has 1 saturated carbocycles. The van der Waals surface area contributed by atoms with E-state index in [0.717, 1.165) is 5.56 Å². The predicted octanol–water partition coefficient (Wildman–Crippen LogP) is 4.03. The van der Waals surface area contributed by atoms with Gasteiger partial charge < -0.3 is 14.8 Å². The highest BCUT2D eigenvalue weighted by molar-refractivity contribution is 5.93. The quantitative estimate of drug-likeness (QED) is 0.516. The number of Topliss-reactive ketones (excluding diaryl/α,β-unsaturated/α-hetero) is 1. The van der Waals surface area contributed by atoms with E-state index in [1.807, 2.05) is 12.2 Å². The number of ether oxygens (including phenoxy) is 2. The van der Waals surface area contributed by atoms with Crippen LogP contribution in [0.25, 0.3) is 0 Å². The van der Waals surface area contributed by atoms with Gasteiger partial charge in [0, 0.05) is 24.6 Å². The fourth-order valence-electron chi connectivity index (χ4n) is 4.04. The second kappa shape index (κ2) is 9.91. The molecule has 0 radical (unpaired) electrons. The van der Waals surface area contributed by atoms with E-state index in [1.54, 1.807) is 32.0 Å². The maximum Gasteiger partial charge on any atom is 0.411 e. The number of pyridine rings is 1. The fraction of sp³-hybridized carbons (Fsp3) is 0.462. The second-order valence-electron chi connectivity index (χ2n) is 9.57. The third-order valence-electron chi connectivity index (χ3n) is 6.52. The maximum atomic E-state index is 13.2. The van der Waals surface area contributed by atoms with Crippen molar-refractivity contribution in [3.05, 3.63) is 58.4 Å². The Morgan fingerprint density at radius 3 is 2.31 bits per heavy atom. The van der Waals surface area contributed by atoms with Crippen molar-refractivity contribution < 1.29 is 37.0 Å². The van der Waals surface area contributed by atoms with Crippen LogP contribution in [-0.4, -0.2) is 48.6 Å². The van der Waals surface area contributed by atoms with Crippen molar-refractivity contribution in [3.8, 4) is 5.75 Å². The molecule has 2 aromatic rings. The maximum absolute atomic E-state index is 13.2. The van der Waals surface area contributed by atoms with Gasteiger partial charge in [0.25, 0.3) is 5.91 Å². The van der Waals surface area contributed by atoms with E-state index < -0.39 is 29.0 Å². The summed E-state index contributed by atoms with van der Waals surface area (Å²) in [5, 5.41) is 2.04. The molecule has 1 amide bonds. The number of amides is 1. The molecule has 7 nitrogen and oxygen atoms in total. The molecule has 0 aliphatic heterocycles. The van der Waals surface area contributed by atoms with Crippen LogP contribution in [0.5, 0.6) is 5.75 Å². The topological polar surface area (TPSA) is 94.6 Å². The minimum atomic E-state index is -4.53. The summed E-state index contributed by atoms with van der Waals surface area (Å²) in [4.78, 5) is 41.3. The summed E-state index contributed by atoms with van der Waals surface area (Å²) in [6.45, 7) is 5.26. The van der Waals surface area contributed by atoms with Gasteiger partial charge in [-0.2, -0.15) is 13.2 Å². The Hall–Kier alpha value is -3.43. The second-order valence-corrected chi connectivity index (χ2v) is 9.57. The van der Waals surface area contributed by atoms with Gasteiger partial charge in [0.05, 0.1) is 19.6 Å². The summed E-state index contributed by atoms with van der Waals surface area (Å²) >= 11 is 0. The van der Waals surface area contributed by atoms with Crippen LogP contribution in [0.4, 0.5) is 13.2 Å². The number of alkyl halides is 3. The van der Waals surface area contributed by atoms with Gasteiger partial charge in [-0.3, -0.25) is 19.4 Å². The lowest BCUT2D eigenvalue weighted by Crippen LogP contribution is -2.48. The van der Waals surface area contributed by atoms with Crippen molar-refractivity contribution in [2.75, 3.05) is 14.2 Å². The van der Waals surface area contributed by atoms with E-state index in [2.05, 4.69) is 4.98 Å².